The first-order chi connectivity index (χ1) is 24.9. The van der Waals surface area contributed by atoms with Crippen LogP contribution in [0.5, 0.6) is 0 Å². The summed E-state index contributed by atoms with van der Waals surface area (Å²) in [7, 11) is 0. The highest BCUT2D eigenvalue weighted by Gasteiger charge is 2.13. The summed E-state index contributed by atoms with van der Waals surface area (Å²) in [6, 6.07) is 42.2. The lowest BCUT2D eigenvalue weighted by Gasteiger charge is -2.27. The largest absolute Gasteiger partial charge is 0.372 e. The summed E-state index contributed by atoms with van der Waals surface area (Å²) in [6.45, 7) is 21.4. The molecule has 0 radical (unpaired) electrons. The third-order valence-corrected chi connectivity index (χ3v) is 9.79. The van der Waals surface area contributed by atoms with E-state index in [-0.39, 0.29) is 0 Å². The van der Waals surface area contributed by atoms with E-state index in [1.807, 2.05) is 0 Å². The second kappa shape index (κ2) is 18.1. The van der Waals surface area contributed by atoms with Gasteiger partial charge in [0.15, 0.2) is 0 Å². The van der Waals surface area contributed by atoms with Crippen LogP contribution in [-0.4, -0.2) is 39.3 Å². The lowest BCUT2D eigenvalue weighted by Crippen LogP contribution is -2.25. The molecule has 0 aromatic heterocycles. The van der Waals surface area contributed by atoms with Crippen LogP contribution in [0.4, 0.5) is 34.1 Å². The normalized spacial score (nSPS) is 11.4. The van der Waals surface area contributed by atoms with Gasteiger partial charge in [-0.05, 0) is 131 Å². The topological polar surface area (TPSA) is 13.0 Å². The molecule has 0 aliphatic heterocycles. The molecule has 0 fully saturated rings. The average Bonchev–Trinajstić information content (AvgIpc) is 3.17. The first-order valence-corrected chi connectivity index (χ1v) is 18.8. The number of rotatable bonds is 16. The Morgan fingerprint density at radius 2 is 0.725 bits per heavy atom. The average molecular weight is 677 g/mol. The molecule has 0 spiro atoms. The van der Waals surface area contributed by atoms with E-state index in [1.165, 1.54) is 44.9 Å². The SMILES string of the molecule is CCN(CC)c1ccc(/C=C/c2ccc(N(c3ccc(C)cc3)c3ccc(/C=C/c4ccc(N(CC)CC)cc4N(CC)CC)cc3)cc2)cc1. The Bertz CT molecular complexity index is 1840. The predicted octanol–water partition coefficient (Wildman–Crippen LogP) is 12.3. The molecule has 5 aromatic rings. The molecular weight excluding hydrogens is 621 g/mol. The van der Waals surface area contributed by atoms with Gasteiger partial charge in [0.1, 0.15) is 0 Å². The highest BCUT2D eigenvalue weighted by Crippen LogP contribution is 2.35. The standard InChI is InChI=1S/C47H56N4/c1-8-48(9-2)42-29-19-38(20-30-42)16-17-39-21-31-44(32-22-39)51(43-27-14-37(7)15-28-43)45-33-23-40(24-34-45)18-25-41-26-35-46(49(10-3)11-4)36-47(41)50(12-5)13-6/h14-36H,8-13H2,1-7H3/b17-16+,25-18+. The molecule has 0 bridgehead atoms. The van der Waals surface area contributed by atoms with Crippen molar-refractivity contribution >= 4 is 58.4 Å². The maximum absolute atomic E-state index is 2.45. The number of benzene rings is 5. The fourth-order valence-electron chi connectivity index (χ4n) is 6.67. The van der Waals surface area contributed by atoms with E-state index in [1.54, 1.807) is 0 Å². The van der Waals surface area contributed by atoms with Crippen molar-refractivity contribution in [3.63, 3.8) is 0 Å². The van der Waals surface area contributed by atoms with Crippen LogP contribution < -0.4 is 19.6 Å². The molecule has 0 amide bonds. The number of hydrogen-bond acceptors (Lipinski definition) is 4. The molecule has 0 saturated carbocycles. The molecule has 0 unspecified atom stereocenters. The minimum Gasteiger partial charge on any atom is -0.372 e. The van der Waals surface area contributed by atoms with Gasteiger partial charge in [-0.3, -0.25) is 0 Å². The van der Waals surface area contributed by atoms with Crippen molar-refractivity contribution in [3.05, 3.63) is 143 Å². The maximum atomic E-state index is 2.45. The van der Waals surface area contributed by atoms with Gasteiger partial charge in [-0.25, -0.2) is 0 Å². The zero-order valence-corrected chi connectivity index (χ0v) is 31.8. The Labute approximate surface area is 308 Å². The molecule has 51 heavy (non-hydrogen) atoms. The molecular formula is C47H56N4. The minimum absolute atomic E-state index is 0.977. The van der Waals surface area contributed by atoms with Crippen molar-refractivity contribution < 1.29 is 0 Å². The molecule has 0 saturated heterocycles. The molecule has 0 aliphatic rings. The highest BCUT2D eigenvalue weighted by molar-refractivity contribution is 5.82. The second-order valence-corrected chi connectivity index (χ2v) is 12.9. The van der Waals surface area contributed by atoms with E-state index < -0.39 is 0 Å². The Morgan fingerprint density at radius 3 is 1.16 bits per heavy atom. The van der Waals surface area contributed by atoms with Crippen molar-refractivity contribution in [1.29, 1.82) is 0 Å². The Balaban J connectivity index is 1.38. The molecule has 0 heterocycles. The van der Waals surface area contributed by atoms with Gasteiger partial charge in [-0.1, -0.05) is 84.5 Å². The Kier molecular flexibility index (Phi) is 13.2. The minimum atomic E-state index is 0.977. The molecule has 4 heteroatoms. The lowest BCUT2D eigenvalue weighted by molar-refractivity contribution is 0.851. The van der Waals surface area contributed by atoms with E-state index >= 15 is 0 Å². The Morgan fingerprint density at radius 1 is 0.373 bits per heavy atom. The van der Waals surface area contributed by atoms with E-state index in [4.69, 9.17) is 0 Å². The van der Waals surface area contributed by atoms with Crippen molar-refractivity contribution in [2.45, 2.75) is 48.5 Å². The smallest absolute Gasteiger partial charge is 0.0462 e. The summed E-state index contributed by atoms with van der Waals surface area (Å²) in [4.78, 5) is 9.56. The summed E-state index contributed by atoms with van der Waals surface area (Å²) in [5.41, 5.74) is 13.3. The Hall–Kier alpha value is -5.22. The molecule has 5 aromatic carbocycles. The highest BCUT2D eigenvalue weighted by atomic mass is 15.1. The summed E-state index contributed by atoms with van der Waals surface area (Å²) >= 11 is 0. The first-order valence-electron chi connectivity index (χ1n) is 18.8. The quantitative estimate of drug-likeness (QED) is 0.0964. The van der Waals surface area contributed by atoms with Crippen LogP contribution in [0.3, 0.4) is 0 Å². The third kappa shape index (κ3) is 9.32. The molecule has 0 aliphatic carbocycles. The zero-order chi connectivity index (χ0) is 36.2. The van der Waals surface area contributed by atoms with Crippen LogP contribution in [0, 0.1) is 6.92 Å². The fourth-order valence-corrected chi connectivity index (χ4v) is 6.67. The van der Waals surface area contributed by atoms with Crippen LogP contribution >= 0.6 is 0 Å². The van der Waals surface area contributed by atoms with Gasteiger partial charge in [0.2, 0.25) is 0 Å². The summed E-state index contributed by atoms with van der Waals surface area (Å²) in [5, 5.41) is 0. The molecule has 0 N–H and O–H groups in total. The number of anilines is 6. The van der Waals surface area contributed by atoms with E-state index in [0.717, 1.165) is 56.3 Å². The van der Waals surface area contributed by atoms with Gasteiger partial charge in [-0.2, -0.15) is 0 Å². The van der Waals surface area contributed by atoms with E-state index in [9.17, 15) is 0 Å². The van der Waals surface area contributed by atoms with Gasteiger partial charge < -0.3 is 19.6 Å². The second-order valence-electron chi connectivity index (χ2n) is 12.9. The fraction of sp³-hybridized carbons (Fsp3) is 0.277. The van der Waals surface area contributed by atoms with Crippen LogP contribution in [0.2, 0.25) is 0 Å². The van der Waals surface area contributed by atoms with Crippen LogP contribution in [0.1, 0.15) is 69.4 Å². The van der Waals surface area contributed by atoms with E-state index in [0.29, 0.717) is 0 Å². The van der Waals surface area contributed by atoms with Crippen LogP contribution in [0.25, 0.3) is 24.3 Å². The number of hydrogen-bond donors (Lipinski definition) is 0. The van der Waals surface area contributed by atoms with Gasteiger partial charge in [0.25, 0.3) is 0 Å². The first kappa shape index (κ1) is 37.0. The van der Waals surface area contributed by atoms with Gasteiger partial charge in [0.05, 0.1) is 0 Å². The van der Waals surface area contributed by atoms with Crippen molar-refractivity contribution in [2.24, 2.45) is 0 Å². The van der Waals surface area contributed by atoms with Gasteiger partial charge in [0, 0.05) is 73.4 Å². The molecule has 5 rings (SSSR count). The molecule has 264 valence electrons. The van der Waals surface area contributed by atoms with Crippen molar-refractivity contribution in [1.82, 2.24) is 0 Å². The molecule has 4 nitrogen and oxygen atoms in total. The van der Waals surface area contributed by atoms with E-state index in [2.05, 4.69) is 208 Å². The van der Waals surface area contributed by atoms with Gasteiger partial charge >= 0.3 is 0 Å². The molecule has 0 atom stereocenters. The monoisotopic (exact) mass is 676 g/mol. The zero-order valence-electron chi connectivity index (χ0n) is 31.8. The van der Waals surface area contributed by atoms with Crippen LogP contribution in [-0.2, 0) is 0 Å². The summed E-state index contributed by atoms with van der Waals surface area (Å²) in [5.74, 6) is 0. The number of nitrogens with zero attached hydrogens (tertiary/aromatic N) is 4. The van der Waals surface area contributed by atoms with Crippen molar-refractivity contribution in [2.75, 3.05) is 58.9 Å². The van der Waals surface area contributed by atoms with Crippen molar-refractivity contribution in [3.8, 4) is 0 Å². The van der Waals surface area contributed by atoms with Gasteiger partial charge in [-0.15, -0.1) is 0 Å². The third-order valence-electron chi connectivity index (χ3n) is 9.79. The predicted molar refractivity (Wildman–Crippen MR) is 227 cm³/mol. The van der Waals surface area contributed by atoms with Crippen LogP contribution in [0.15, 0.2) is 115 Å². The number of aryl methyl sites for hydroxylation is 1. The summed E-state index contributed by atoms with van der Waals surface area (Å²) in [6.07, 6.45) is 8.88. The lowest BCUT2D eigenvalue weighted by atomic mass is 10.1. The summed E-state index contributed by atoms with van der Waals surface area (Å²) < 4.78 is 0. The maximum Gasteiger partial charge on any atom is 0.0462 e.